The minimum absolute atomic E-state index is 0.113. The predicted octanol–water partition coefficient (Wildman–Crippen LogP) is 2.23. The van der Waals surface area contributed by atoms with Crippen LogP contribution in [0.2, 0.25) is 0 Å². The molecule has 1 aromatic rings. The Morgan fingerprint density at radius 2 is 1.95 bits per heavy atom. The number of aliphatic hydroxyl groups excluding tert-OH is 1. The summed E-state index contributed by atoms with van der Waals surface area (Å²) in [7, 11) is -3.42. The standard InChI is InChI=1S/C15H23NO3S/c1-12-5-6-13(2)15(11-12)20(18,19)16(14-7-8-14)9-3-4-10-17/h5-6,11,14,17H,3-4,7-10H2,1-2H3. The molecule has 112 valence electrons. The highest BCUT2D eigenvalue weighted by Crippen LogP contribution is 2.33. The van der Waals surface area contributed by atoms with E-state index in [1.165, 1.54) is 0 Å². The molecule has 2 rings (SSSR count). The number of rotatable bonds is 7. The second-order valence-corrected chi connectivity index (χ2v) is 7.41. The van der Waals surface area contributed by atoms with Gasteiger partial charge in [0.2, 0.25) is 10.0 Å². The number of aliphatic hydroxyl groups is 1. The topological polar surface area (TPSA) is 57.6 Å². The van der Waals surface area contributed by atoms with Crippen molar-refractivity contribution >= 4 is 10.0 Å². The first-order chi connectivity index (χ1) is 9.46. The molecule has 1 N–H and O–H groups in total. The Morgan fingerprint density at radius 1 is 1.25 bits per heavy atom. The van der Waals surface area contributed by atoms with Crippen LogP contribution in [0.3, 0.4) is 0 Å². The van der Waals surface area contributed by atoms with Crippen molar-refractivity contribution in [2.24, 2.45) is 0 Å². The molecule has 0 amide bonds. The van der Waals surface area contributed by atoms with Crippen molar-refractivity contribution in [1.82, 2.24) is 4.31 Å². The molecule has 1 aliphatic rings. The van der Waals surface area contributed by atoms with Crippen LogP contribution in [0.5, 0.6) is 0 Å². The molecule has 0 saturated heterocycles. The summed E-state index contributed by atoms with van der Waals surface area (Å²) >= 11 is 0. The summed E-state index contributed by atoms with van der Waals surface area (Å²) in [4.78, 5) is 0.424. The quantitative estimate of drug-likeness (QED) is 0.785. The van der Waals surface area contributed by atoms with E-state index in [1.807, 2.05) is 26.0 Å². The van der Waals surface area contributed by atoms with Gasteiger partial charge < -0.3 is 5.11 Å². The molecule has 0 aromatic heterocycles. The van der Waals surface area contributed by atoms with E-state index in [1.54, 1.807) is 10.4 Å². The normalized spacial score (nSPS) is 15.8. The lowest BCUT2D eigenvalue weighted by Gasteiger charge is -2.23. The average molecular weight is 297 g/mol. The highest BCUT2D eigenvalue weighted by atomic mass is 32.2. The second-order valence-electron chi connectivity index (χ2n) is 5.55. The van der Waals surface area contributed by atoms with Gasteiger partial charge in [0.05, 0.1) is 4.90 Å². The van der Waals surface area contributed by atoms with Crippen molar-refractivity contribution in [3.05, 3.63) is 29.3 Å². The van der Waals surface area contributed by atoms with Gasteiger partial charge >= 0.3 is 0 Å². The fourth-order valence-electron chi connectivity index (χ4n) is 2.35. The lowest BCUT2D eigenvalue weighted by molar-refractivity contribution is 0.275. The Hall–Kier alpha value is -0.910. The van der Waals surface area contributed by atoms with E-state index in [-0.39, 0.29) is 12.6 Å². The zero-order valence-corrected chi connectivity index (χ0v) is 13.0. The van der Waals surface area contributed by atoms with Crippen molar-refractivity contribution in [2.45, 2.75) is 50.5 Å². The lowest BCUT2D eigenvalue weighted by Crippen LogP contribution is -2.34. The van der Waals surface area contributed by atoms with Crippen molar-refractivity contribution in [1.29, 1.82) is 0 Å². The molecular formula is C15H23NO3S. The first-order valence-corrected chi connectivity index (χ1v) is 8.61. The van der Waals surface area contributed by atoms with Crippen LogP contribution in [0.4, 0.5) is 0 Å². The van der Waals surface area contributed by atoms with Crippen LogP contribution in [0.1, 0.15) is 36.8 Å². The summed E-state index contributed by atoms with van der Waals surface area (Å²) < 4.78 is 27.3. The van der Waals surface area contributed by atoms with Crippen LogP contribution in [0.25, 0.3) is 0 Å². The molecule has 0 spiro atoms. The number of aryl methyl sites for hydroxylation is 2. The number of hydrogen-bond acceptors (Lipinski definition) is 3. The maximum absolute atomic E-state index is 12.8. The van der Waals surface area contributed by atoms with Gasteiger partial charge in [0.25, 0.3) is 0 Å². The molecular weight excluding hydrogens is 274 g/mol. The van der Waals surface area contributed by atoms with Crippen LogP contribution in [0, 0.1) is 13.8 Å². The van der Waals surface area contributed by atoms with Crippen molar-refractivity contribution < 1.29 is 13.5 Å². The van der Waals surface area contributed by atoms with Gasteiger partial charge in [-0.25, -0.2) is 8.42 Å². The highest BCUT2D eigenvalue weighted by molar-refractivity contribution is 7.89. The Bertz CT molecular complexity index is 564. The van der Waals surface area contributed by atoms with E-state index >= 15 is 0 Å². The molecule has 4 nitrogen and oxygen atoms in total. The Balaban J connectivity index is 2.27. The molecule has 1 saturated carbocycles. The molecule has 1 aromatic carbocycles. The maximum Gasteiger partial charge on any atom is 0.243 e. The zero-order valence-electron chi connectivity index (χ0n) is 12.2. The van der Waals surface area contributed by atoms with E-state index in [0.29, 0.717) is 24.3 Å². The maximum atomic E-state index is 12.8. The van der Waals surface area contributed by atoms with Crippen molar-refractivity contribution in [3.8, 4) is 0 Å². The number of hydrogen-bond donors (Lipinski definition) is 1. The monoisotopic (exact) mass is 297 g/mol. The predicted molar refractivity (Wildman–Crippen MR) is 79.1 cm³/mol. The lowest BCUT2D eigenvalue weighted by atomic mass is 10.2. The van der Waals surface area contributed by atoms with Gasteiger partial charge in [-0.2, -0.15) is 4.31 Å². The van der Waals surface area contributed by atoms with E-state index in [2.05, 4.69) is 0 Å². The highest BCUT2D eigenvalue weighted by Gasteiger charge is 2.38. The van der Waals surface area contributed by atoms with Crippen LogP contribution < -0.4 is 0 Å². The van der Waals surface area contributed by atoms with Gasteiger partial charge in [0, 0.05) is 19.2 Å². The van der Waals surface area contributed by atoms with Gasteiger partial charge in [-0.15, -0.1) is 0 Å². The van der Waals surface area contributed by atoms with Crippen LogP contribution in [-0.4, -0.2) is 37.0 Å². The summed E-state index contributed by atoms with van der Waals surface area (Å²) in [5.74, 6) is 0. The summed E-state index contributed by atoms with van der Waals surface area (Å²) in [6.07, 6.45) is 3.25. The molecule has 0 bridgehead atoms. The minimum atomic E-state index is -3.42. The van der Waals surface area contributed by atoms with E-state index in [0.717, 1.165) is 24.0 Å². The zero-order chi connectivity index (χ0) is 14.8. The third-order valence-corrected chi connectivity index (χ3v) is 5.76. The smallest absolute Gasteiger partial charge is 0.243 e. The number of unbranched alkanes of at least 4 members (excludes halogenated alkanes) is 1. The summed E-state index contributed by atoms with van der Waals surface area (Å²) in [5, 5.41) is 8.87. The largest absolute Gasteiger partial charge is 0.396 e. The first kappa shape index (κ1) is 15.5. The fraction of sp³-hybridized carbons (Fsp3) is 0.600. The average Bonchev–Trinajstić information content (AvgIpc) is 3.21. The van der Waals surface area contributed by atoms with Gasteiger partial charge in [-0.3, -0.25) is 0 Å². The van der Waals surface area contributed by atoms with Crippen molar-refractivity contribution in [2.75, 3.05) is 13.2 Å². The van der Waals surface area contributed by atoms with E-state index in [9.17, 15) is 8.42 Å². The molecule has 0 atom stereocenters. The molecule has 1 aliphatic carbocycles. The van der Waals surface area contributed by atoms with Gasteiger partial charge in [0.1, 0.15) is 0 Å². The molecule has 0 aliphatic heterocycles. The van der Waals surface area contributed by atoms with Crippen LogP contribution >= 0.6 is 0 Å². The molecule has 0 unspecified atom stereocenters. The van der Waals surface area contributed by atoms with Gasteiger partial charge in [-0.1, -0.05) is 12.1 Å². The summed E-state index contributed by atoms with van der Waals surface area (Å²) in [5.41, 5.74) is 1.75. The molecule has 20 heavy (non-hydrogen) atoms. The van der Waals surface area contributed by atoms with E-state index in [4.69, 9.17) is 5.11 Å². The molecule has 1 fully saturated rings. The Labute approximate surface area is 121 Å². The number of sulfonamides is 1. The fourth-order valence-corrected chi connectivity index (χ4v) is 4.39. The Kier molecular flexibility index (Phi) is 4.83. The molecule has 5 heteroatoms. The van der Waals surface area contributed by atoms with Gasteiger partial charge in [0.15, 0.2) is 0 Å². The molecule has 0 radical (unpaired) electrons. The van der Waals surface area contributed by atoms with Gasteiger partial charge in [-0.05, 0) is 56.7 Å². The number of nitrogens with zero attached hydrogens (tertiary/aromatic N) is 1. The SMILES string of the molecule is Cc1ccc(C)c(S(=O)(=O)N(CCCCO)C2CC2)c1. The van der Waals surface area contributed by atoms with Crippen LogP contribution in [-0.2, 0) is 10.0 Å². The van der Waals surface area contributed by atoms with Crippen LogP contribution in [0.15, 0.2) is 23.1 Å². The second kappa shape index (κ2) is 6.24. The molecule has 0 heterocycles. The number of benzene rings is 1. The minimum Gasteiger partial charge on any atom is -0.396 e. The summed E-state index contributed by atoms with van der Waals surface area (Å²) in [6, 6.07) is 5.70. The third kappa shape index (κ3) is 3.40. The van der Waals surface area contributed by atoms with E-state index < -0.39 is 10.0 Å². The van der Waals surface area contributed by atoms with Crippen molar-refractivity contribution in [3.63, 3.8) is 0 Å². The summed E-state index contributed by atoms with van der Waals surface area (Å²) in [6.45, 7) is 4.36. The first-order valence-electron chi connectivity index (χ1n) is 7.17. The Morgan fingerprint density at radius 3 is 2.55 bits per heavy atom. The third-order valence-electron chi connectivity index (χ3n) is 3.67.